The molecule has 6 N–H and O–H groups in total. The predicted molar refractivity (Wildman–Crippen MR) is 104 cm³/mol. The van der Waals surface area contributed by atoms with Crippen LogP contribution in [0.15, 0.2) is 12.3 Å². The maximum Gasteiger partial charge on any atom is 0.162 e. The summed E-state index contributed by atoms with van der Waals surface area (Å²) in [6, 6.07) is 2.07. The van der Waals surface area contributed by atoms with Crippen LogP contribution in [0.4, 0.5) is 11.6 Å². The van der Waals surface area contributed by atoms with E-state index in [4.69, 9.17) is 11.1 Å². The molecule has 0 aromatic carbocycles. The normalized spacial score (nSPS) is 15.0. The zero-order chi connectivity index (χ0) is 19.6. The number of aromatic nitrogens is 3. The number of hydrogen-bond donors (Lipinski definition) is 5. The van der Waals surface area contributed by atoms with Gasteiger partial charge in [0, 0.05) is 24.2 Å². The van der Waals surface area contributed by atoms with E-state index in [-0.39, 0.29) is 23.5 Å². The number of nitrogens with one attached hydrogen (secondary N) is 3. The summed E-state index contributed by atoms with van der Waals surface area (Å²) in [7, 11) is 0. The molecule has 9 nitrogen and oxygen atoms in total. The first-order valence-electron chi connectivity index (χ1n) is 8.82. The Hall–Kier alpha value is -3.12. The Morgan fingerprint density at radius 3 is 2.85 bits per heavy atom. The van der Waals surface area contributed by atoms with Gasteiger partial charge in [-0.15, -0.1) is 0 Å². The van der Waals surface area contributed by atoms with Crippen LogP contribution in [0.3, 0.4) is 0 Å². The number of aliphatic hydroxyl groups excluding tert-OH is 1. The molecule has 0 spiro atoms. The van der Waals surface area contributed by atoms with E-state index >= 15 is 0 Å². The molecular formula is C18H24N8O. The molecule has 2 aromatic heterocycles. The minimum atomic E-state index is -0.186. The molecule has 2 aromatic rings. The molecule has 1 aliphatic rings. The Kier molecular flexibility index (Phi) is 5.01. The van der Waals surface area contributed by atoms with E-state index in [1.165, 1.54) is 4.52 Å². The van der Waals surface area contributed by atoms with Crippen molar-refractivity contribution in [3.8, 4) is 6.07 Å². The van der Waals surface area contributed by atoms with Crippen molar-refractivity contribution in [1.29, 1.82) is 10.7 Å². The van der Waals surface area contributed by atoms with E-state index in [1.54, 1.807) is 12.3 Å². The summed E-state index contributed by atoms with van der Waals surface area (Å²) in [6.07, 6.45) is 5.75. The molecule has 3 rings (SSSR count). The summed E-state index contributed by atoms with van der Waals surface area (Å²) in [5.74, 6) is 0.650. The van der Waals surface area contributed by atoms with Gasteiger partial charge in [0.05, 0.1) is 17.8 Å². The van der Waals surface area contributed by atoms with Crippen molar-refractivity contribution in [2.24, 2.45) is 0 Å². The fourth-order valence-corrected chi connectivity index (χ4v) is 2.74. The Morgan fingerprint density at radius 2 is 2.22 bits per heavy atom. The van der Waals surface area contributed by atoms with Crippen LogP contribution in [-0.2, 0) is 0 Å². The number of allylic oxidation sites excluding steroid dienone is 1. The minimum absolute atomic E-state index is 0.103. The maximum absolute atomic E-state index is 9.43. The number of rotatable bonds is 8. The van der Waals surface area contributed by atoms with Gasteiger partial charge in [-0.05, 0) is 39.0 Å². The second kappa shape index (κ2) is 7.25. The standard InChI is InChI=1S/C18H24N8O/c1-11-12(2)25-26-15(21)14(9-19)16(24-17(11)26)22-7-3-13(20)4-8-23-18(10-27)5-6-18/h4,8,20,23,27H,3,5-7,10,21H2,1-2H3,(H,22,24)/b8-4-,20-13?. The fourth-order valence-electron chi connectivity index (χ4n) is 2.74. The third-order valence-corrected chi connectivity index (χ3v) is 4.90. The van der Waals surface area contributed by atoms with Crippen molar-refractivity contribution < 1.29 is 5.11 Å². The van der Waals surface area contributed by atoms with Gasteiger partial charge in [-0.3, -0.25) is 0 Å². The number of nitrogens with two attached hydrogens (primary N) is 1. The average Bonchev–Trinajstić information content (AvgIpc) is 3.37. The minimum Gasteiger partial charge on any atom is -0.394 e. The molecule has 0 radical (unpaired) electrons. The molecule has 0 amide bonds. The number of anilines is 2. The number of aliphatic hydroxyl groups is 1. The number of fused-ring (bicyclic) bond motifs is 1. The summed E-state index contributed by atoms with van der Waals surface area (Å²) in [5, 5.41) is 37.2. The summed E-state index contributed by atoms with van der Waals surface area (Å²) in [6.45, 7) is 4.32. The van der Waals surface area contributed by atoms with Gasteiger partial charge in [0.1, 0.15) is 23.3 Å². The highest BCUT2D eigenvalue weighted by molar-refractivity contribution is 5.92. The van der Waals surface area contributed by atoms with E-state index in [0.29, 0.717) is 30.1 Å². The number of nitriles is 1. The molecule has 0 atom stereocenters. The van der Waals surface area contributed by atoms with Crippen molar-refractivity contribution in [2.75, 3.05) is 24.2 Å². The van der Waals surface area contributed by atoms with Crippen LogP contribution in [0.1, 0.15) is 36.1 Å². The Morgan fingerprint density at radius 1 is 1.48 bits per heavy atom. The lowest BCUT2D eigenvalue weighted by molar-refractivity contribution is 0.241. The van der Waals surface area contributed by atoms with Crippen molar-refractivity contribution in [3.63, 3.8) is 0 Å². The lowest BCUT2D eigenvalue weighted by Gasteiger charge is -2.11. The van der Waals surface area contributed by atoms with Crippen LogP contribution in [0.5, 0.6) is 0 Å². The van der Waals surface area contributed by atoms with E-state index in [1.807, 2.05) is 13.8 Å². The van der Waals surface area contributed by atoms with Gasteiger partial charge in [0.2, 0.25) is 0 Å². The lowest BCUT2D eigenvalue weighted by Crippen LogP contribution is -2.30. The molecule has 1 fully saturated rings. The molecule has 1 saturated carbocycles. The molecule has 1 aliphatic carbocycles. The molecule has 142 valence electrons. The first-order chi connectivity index (χ1) is 12.9. The molecule has 2 heterocycles. The highest BCUT2D eigenvalue weighted by Crippen LogP contribution is 2.34. The first kappa shape index (κ1) is 18.7. The summed E-state index contributed by atoms with van der Waals surface area (Å²) < 4.78 is 1.49. The van der Waals surface area contributed by atoms with Crippen LogP contribution < -0.4 is 16.4 Å². The Bertz CT molecular complexity index is 949. The van der Waals surface area contributed by atoms with Gasteiger partial charge in [-0.2, -0.15) is 14.9 Å². The van der Waals surface area contributed by atoms with Crippen molar-refractivity contribution >= 4 is 23.0 Å². The zero-order valence-corrected chi connectivity index (χ0v) is 15.5. The zero-order valence-electron chi connectivity index (χ0n) is 15.5. The summed E-state index contributed by atoms with van der Waals surface area (Å²) in [5.41, 5.74) is 8.90. The number of hydrogen-bond acceptors (Lipinski definition) is 8. The van der Waals surface area contributed by atoms with Crippen LogP contribution in [0.25, 0.3) is 5.65 Å². The second-order valence-electron chi connectivity index (χ2n) is 6.90. The molecule has 9 heteroatoms. The number of aryl methyl sites for hydroxylation is 2. The van der Waals surface area contributed by atoms with Crippen LogP contribution in [-0.4, -0.2) is 44.1 Å². The van der Waals surface area contributed by atoms with Gasteiger partial charge >= 0.3 is 0 Å². The molecule has 0 saturated heterocycles. The van der Waals surface area contributed by atoms with Crippen molar-refractivity contribution in [3.05, 3.63) is 29.1 Å². The predicted octanol–water partition coefficient (Wildman–Crippen LogP) is 1.25. The Balaban J connectivity index is 1.64. The first-order valence-corrected chi connectivity index (χ1v) is 8.82. The molecular weight excluding hydrogens is 344 g/mol. The largest absolute Gasteiger partial charge is 0.394 e. The van der Waals surface area contributed by atoms with Gasteiger partial charge in [0.15, 0.2) is 5.65 Å². The maximum atomic E-state index is 9.43. The van der Waals surface area contributed by atoms with Crippen molar-refractivity contribution in [1.82, 2.24) is 19.9 Å². The van der Waals surface area contributed by atoms with E-state index in [0.717, 1.165) is 24.1 Å². The molecule has 27 heavy (non-hydrogen) atoms. The van der Waals surface area contributed by atoms with Gasteiger partial charge in [-0.1, -0.05) is 0 Å². The second-order valence-corrected chi connectivity index (χ2v) is 6.90. The summed E-state index contributed by atoms with van der Waals surface area (Å²) >= 11 is 0. The molecule has 0 aliphatic heterocycles. The Labute approximate surface area is 157 Å². The average molecular weight is 368 g/mol. The summed E-state index contributed by atoms with van der Waals surface area (Å²) in [4.78, 5) is 4.50. The van der Waals surface area contributed by atoms with Gasteiger partial charge in [0.25, 0.3) is 0 Å². The number of nitrogen functional groups attached to an aromatic ring is 1. The van der Waals surface area contributed by atoms with E-state index in [2.05, 4.69) is 26.8 Å². The lowest BCUT2D eigenvalue weighted by atomic mass is 10.2. The quantitative estimate of drug-likeness (QED) is 0.440. The third kappa shape index (κ3) is 3.71. The molecule has 0 unspecified atom stereocenters. The van der Waals surface area contributed by atoms with E-state index < -0.39 is 0 Å². The van der Waals surface area contributed by atoms with Crippen LogP contribution in [0.2, 0.25) is 0 Å². The van der Waals surface area contributed by atoms with Crippen molar-refractivity contribution in [2.45, 2.75) is 38.6 Å². The SMILES string of the molecule is Cc1nn2c(N)c(C#N)c(NCCC(=N)/C=C\NC3(CO)CC3)nc2c1C. The number of nitrogens with zero attached hydrogens (tertiary/aromatic N) is 4. The topological polar surface area (TPSA) is 148 Å². The highest BCUT2D eigenvalue weighted by atomic mass is 16.3. The van der Waals surface area contributed by atoms with Gasteiger partial charge < -0.3 is 26.9 Å². The van der Waals surface area contributed by atoms with Gasteiger partial charge in [-0.25, -0.2) is 4.98 Å². The van der Waals surface area contributed by atoms with Crippen LogP contribution >= 0.6 is 0 Å². The monoisotopic (exact) mass is 368 g/mol. The highest BCUT2D eigenvalue weighted by Gasteiger charge is 2.40. The van der Waals surface area contributed by atoms with E-state index in [9.17, 15) is 10.4 Å². The third-order valence-electron chi connectivity index (χ3n) is 4.90. The van der Waals surface area contributed by atoms with Crippen LogP contribution in [0, 0.1) is 30.6 Å². The fraction of sp³-hybridized carbons (Fsp3) is 0.444. The smallest absolute Gasteiger partial charge is 0.162 e. The molecule has 0 bridgehead atoms.